The first-order chi connectivity index (χ1) is 32.9. The molecule has 0 aliphatic carbocycles. The summed E-state index contributed by atoms with van der Waals surface area (Å²) in [7, 11) is -2.18. The van der Waals surface area contributed by atoms with Crippen LogP contribution in [-0.4, -0.2) is 32.4 Å². The Morgan fingerprint density at radius 3 is 1.31 bits per heavy atom. The van der Waals surface area contributed by atoms with Gasteiger partial charge >= 0.3 is 0 Å². The molecule has 0 saturated carbocycles. The summed E-state index contributed by atoms with van der Waals surface area (Å²) in [6.07, 6.45) is 0.785. The first-order valence-electron chi connectivity index (χ1n) is 22.7. The van der Waals surface area contributed by atoms with Gasteiger partial charge in [0.05, 0.1) is 40.5 Å². The lowest BCUT2D eigenvalue weighted by molar-refractivity contribution is 0.477. The minimum atomic E-state index is -2.59. The molecule has 1 unspecified atom stereocenters. The van der Waals surface area contributed by atoms with Crippen molar-refractivity contribution in [1.82, 2.24) is 9.13 Å². The summed E-state index contributed by atoms with van der Waals surface area (Å²) in [6.45, 7) is 5.38. The van der Waals surface area contributed by atoms with Gasteiger partial charge in [0.25, 0.3) is 0 Å². The minimum absolute atomic E-state index is 0.268. The van der Waals surface area contributed by atoms with Crippen molar-refractivity contribution in [3.05, 3.63) is 223 Å². The number of fused-ring (bicyclic) bond motifs is 6. The predicted molar refractivity (Wildman–Crippen MR) is 288 cm³/mol. The van der Waals surface area contributed by atoms with E-state index in [1.165, 1.54) is 16.1 Å². The molecule has 0 fully saturated rings. The van der Waals surface area contributed by atoms with Crippen LogP contribution in [0.1, 0.15) is 17.5 Å². The predicted octanol–water partition coefficient (Wildman–Crippen LogP) is 12.1. The molecule has 1 atom stereocenters. The molecule has 8 heteroatoms. The number of benzene rings is 9. The maximum Gasteiger partial charge on any atom is 0.149 e. The number of nitrogens with zero attached hydrogens (tertiary/aromatic N) is 3. The van der Waals surface area contributed by atoms with Crippen molar-refractivity contribution in [1.29, 1.82) is 0 Å². The molecular weight excluding hydrogens is 859 g/mol. The molecule has 0 amide bonds. The second-order valence-electron chi connectivity index (χ2n) is 16.9. The van der Waals surface area contributed by atoms with Gasteiger partial charge in [0.1, 0.15) is 11.5 Å². The molecule has 11 rings (SSSR count). The summed E-state index contributed by atoms with van der Waals surface area (Å²) in [4.78, 5) is 0. The summed E-state index contributed by atoms with van der Waals surface area (Å²) < 4.78 is 9.85. The average Bonchev–Trinajstić information content (AvgIpc) is 3.89. The zero-order valence-corrected chi connectivity index (χ0v) is 39.5. The Morgan fingerprint density at radius 1 is 0.478 bits per heavy atom. The van der Waals surface area contributed by atoms with Gasteiger partial charge in [-0.1, -0.05) is 172 Å². The Kier molecular flexibility index (Phi) is 12.4. The summed E-state index contributed by atoms with van der Waals surface area (Å²) in [6, 6.07) is 73.2. The second-order valence-corrected chi connectivity index (χ2v) is 21.3. The van der Waals surface area contributed by atoms with E-state index in [2.05, 4.69) is 205 Å². The van der Waals surface area contributed by atoms with Crippen molar-refractivity contribution in [3.8, 4) is 22.9 Å². The molecule has 67 heavy (non-hydrogen) atoms. The van der Waals surface area contributed by atoms with Crippen molar-refractivity contribution in [2.75, 3.05) is 13.1 Å². The van der Waals surface area contributed by atoms with Crippen LogP contribution in [0.2, 0.25) is 0 Å². The van der Waals surface area contributed by atoms with Crippen molar-refractivity contribution in [3.63, 3.8) is 0 Å². The van der Waals surface area contributed by atoms with E-state index in [1.807, 2.05) is 30.3 Å². The van der Waals surface area contributed by atoms with E-state index in [0.717, 1.165) is 83.0 Å². The molecule has 2 aromatic heterocycles. The van der Waals surface area contributed by atoms with Crippen molar-refractivity contribution < 1.29 is 10.2 Å². The Bertz CT molecular complexity index is 3450. The van der Waals surface area contributed by atoms with Gasteiger partial charge in [0.15, 0.2) is 0 Å². The molecule has 0 aliphatic heterocycles. The topological polar surface area (TPSA) is 88.7 Å². The summed E-state index contributed by atoms with van der Waals surface area (Å²) in [5, 5.41) is 33.6. The average molecular weight is 911 g/mol. The Labute approximate surface area is 393 Å². The minimum Gasteiger partial charge on any atom is -0.505 e. The fraction of sp³-hybridized carbons (Fsp3) is 0.0847. The van der Waals surface area contributed by atoms with E-state index in [9.17, 15) is 10.2 Å². The highest BCUT2D eigenvalue weighted by Crippen LogP contribution is 2.50. The zero-order chi connectivity index (χ0) is 45.9. The highest BCUT2D eigenvalue weighted by atomic mass is 31.2. The Hall–Kier alpha value is -7.20. The largest absolute Gasteiger partial charge is 0.505 e. The number of hydrogen-bond acceptors (Lipinski definition) is 4. The quantitative estimate of drug-likeness (QED) is 0.0943. The third-order valence-electron chi connectivity index (χ3n) is 12.4. The van der Waals surface area contributed by atoms with Crippen molar-refractivity contribution in [2.24, 2.45) is 10.5 Å². The van der Waals surface area contributed by atoms with Gasteiger partial charge in [0, 0.05) is 49.3 Å². The van der Waals surface area contributed by atoms with Crippen LogP contribution in [0.4, 0.5) is 0 Å². The van der Waals surface area contributed by atoms with Gasteiger partial charge in [-0.05, 0) is 91.8 Å². The normalized spacial score (nSPS) is 11.7. The van der Waals surface area contributed by atoms with E-state index in [1.54, 1.807) is 0 Å². The van der Waals surface area contributed by atoms with Gasteiger partial charge in [-0.15, -0.1) is 0 Å². The first kappa shape index (κ1) is 43.7. The standard InChI is InChI=1S/C34H32N3OP.C25H20NOP/c1-25-23-32(37-30-19-10-8-17-28(30)29-18-9-11-20-31(29)37)34(38)33(24-25)39(36-22-12-21-35,26-13-4-2-5-14-26)27-15-6-3-7-16-27;1-17-15-23(25(27)24(16-17)28-18-9-3-2-4-10-18)26-21-13-7-5-11-19(21)20-12-6-8-14-22(20)26/h2-11,13-20,23-24,38H,12,21-22,35H2,1H3;2-16,27-28H,1H3. The van der Waals surface area contributed by atoms with Crippen LogP contribution in [0, 0.1) is 13.8 Å². The number of aryl methyl sites for hydroxylation is 2. The molecule has 330 valence electrons. The fourth-order valence-corrected chi connectivity index (χ4v) is 14.5. The molecule has 11 aromatic rings. The highest BCUT2D eigenvalue weighted by Gasteiger charge is 2.32. The Balaban J connectivity index is 0.000000165. The number of phenolic OH excluding ortho intramolecular Hbond substituents is 2. The van der Waals surface area contributed by atoms with Crippen LogP contribution in [-0.2, 0) is 0 Å². The zero-order valence-electron chi connectivity index (χ0n) is 37.6. The lowest BCUT2D eigenvalue weighted by Crippen LogP contribution is -2.27. The number of hydrogen-bond donors (Lipinski definition) is 3. The molecule has 0 aliphatic rings. The third-order valence-corrected chi connectivity index (χ3v) is 17.5. The molecule has 2 heterocycles. The van der Waals surface area contributed by atoms with Gasteiger partial charge in [-0.3, -0.25) is 4.74 Å². The second kappa shape index (κ2) is 19.0. The number of phenols is 2. The van der Waals surface area contributed by atoms with E-state index in [-0.39, 0.29) is 5.75 Å². The summed E-state index contributed by atoms with van der Waals surface area (Å²) >= 11 is 0. The molecule has 0 radical (unpaired) electrons. The van der Waals surface area contributed by atoms with Crippen LogP contribution < -0.4 is 32.3 Å². The van der Waals surface area contributed by atoms with Crippen LogP contribution in [0.25, 0.3) is 55.0 Å². The van der Waals surface area contributed by atoms with Gasteiger partial charge in [-0.25, -0.2) is 0 Å². The fourth-order valence-electron chi connectivity index (χ4n) is 9.49. The van der Waals surface area contributed by atoms with E-state index < -0.39 is 7.05 Å². The lowest BCUT2D eigenvalue weighted by Gasteiger charge is -2.29. The molecule has 0 saturated heterocycles. The molecular formula is C59H52N4O2P2. The van der Waals surface area contributed by atoms with Crippen LogP contribution >= 0.6 is 15.6 Å². The SMILES string of the molecule is Cc1cc(-n2c3ccccc3c3ccccc32)c(O)c(P(=NCCCN)(c2ccccc2)c2ccccc2)c1.Cc1cc(Pc2ccccc2)c(O)c(-n2c3ccccc3c3ccccc32)c1. The summed E-state index contributed by atoms with van der Waals surface area (Å²) in [5.74, 6) is 0.629. The monoisotopic (exact) mass is 910 g/mol. The maximum atomic E-state index is 12.3. The summed E-state index contributed by atoms with van der Waals surface area (Å²) in [5.41, 5.74) is 14.1. The van der Waals surface area contributed by atoms with Crippen LogP contribution in [0.5, 0.6) is 11.5 Å². The lowest BCUT2D eigenvalue weighted by atomic mass is 10.2. The Morgan fingerprint density at radius 2 is 0.866 bits per heavy atom. The van der Waals surface area contributed by atoms with Crippen molar-refractivity contribution in [2.45, 2.75) is 20.3 Å². The molecule has 0 spiro atoms. The molecule has 0 bridgehead atoms. The number of para-hydroxylation sites is 4. The van der Waals surface area contributed by atoms with E-state index >= 15 is 0 Å². The number of nitrogens with two attached hydrogens (primary N) is 1. The molecule has 4 N–H and O–H groups in total. The maximum absolute atomic E-state index is 12.3. The van der Waals surface area contributed by atoms with Gasteiger partial charge < -0.3 is 25.1 Å². The number of rotatable bonds is 10. The first-order valence-corrected chi connectivity index (χ1v) is 25.5. The van der Waals surface area contributed by atoms with E-state index in [4.69, 9.17) is 10.5 Å². The third kappa shape index (κ3) is 8.13. The number of aromatic nitrogens is 2. The highest BCUT2D eigenvalue weighted by molar-refractivity contribution is 7.87. The van der Waals surface area contributed by atoms with Crippen molar-refractivity contribution >= 4 is 85.8 Å². The van der Waals surface area contributed by atoms with Crippen LogP contribution in [0.3, 0.4) is 0 Å². The van der Waals surface area contributed by atoms with Gasteiger partial charge in [-0.2, -0.15) is 0 Å². The van der Waals surface area contributed by atoms with Crippen LogP contribution in [0.15, 0.2) is 217 Å². The molecule has 6 nitrogen and oxygen atoms in total. The molecule has 9 aromatic carbocycles. The smallest absolute Gasteiger partial charge is 0.149 e. The van der Waals surface area contributed by atoms with E-state index in [0.29, 0.717) is 27.4 Å². The van der Waals surface area contributed by atoms with Gasteiger partial charge in [0.2, 0.25) is 0 Å². The number of aromatic hydroxyl groups is 2.